The van der Waals surface area contributed by atoms with Gasteiger partial charge in [-0.25, -0.2) is 10.2 Å². The molecule has 0 rings (SSSR count). The van der Waals surface area contributed by atoms with Crippen LogP contribution in [0.5, 0.6) is 0 Å². The predicted molar refractivity (Wildman–Crippen MR) is 47.4 cm³/mol. The highest BCUT2D eigenvalue weighted by atomic mass is 16.5. The van der Waals surface area contributed by atoms with Gasteiger partial charge in [-0.15, -0.1) is 0 Å². The first kappa shape index (κ1) is 11.7. The molecule has 0 spiro atoms. The number of ether oxygens (including phenoxy) is 1. The van der Waals surface area contributed by atoms with Crippen molar-refractivity contribution in [1.82, 2.24) is 10.9 Å². The number of rotatable bonds is 4. The quantitative estimate of drug-likeness (QED) is 0.347. The van der Waals surface area contributed by atoms with Gasteiger partial charge in [0, 0.05) is 6.42 Å². The fourth-order valence-corrected chi connectivity index (χ4v) is 0.650. The minimum Gasteiger partial charge on any atom is -0.449 e. The van der Waals surface area contributed by atoms with E-state index in [0.29, 0.717) is 12.3 Å². The summed E-state index contributed by atoms with van der Waals surface area (Å²) in [4.78, 5) is 10.7. The van der Waals surface area contributed by atoms with Gasteiger partial charge in [0.2, 0.25) is 0 Å². The second-order valence-electron chi connectivity index (χ2n) is 2.25. The number of nitrogens with one attached hydrogen (secondary N) is 2. The Morgan fingerprint density at radius 2 is 2.23 bits per heavy atom. The van der Waals surface area contributed by atoms with E-state index in [2.05, 4.69) is 15.3 Å². The molecule has 3 N–H and O–H groups in total. The molecule has 0 radical (unpaired) electrons. The van der Waals surface area contributed by atoms with Crippen LogP contribution in [-0.4, -0.2) is 23.7 Å². The Kier molecular flexibility index (Phi) is 6.62. The molecule has 1 amide bonds. The first-order valence-corrected chi connectivity index (χ1v) is 4.14. The summed E-state index contributed by atoms with van der Waals surface area (Å²) in [6.45, 7) is 3.91. The number of amides is 1. The Morgan fingerprint density at radius 3 is 2.69 bits per heavy atom. The van der Waals surface area contributed by atoms with Crippen LogP contribution in [0.1, 0.15) is 26.7 Å². The number of amidine groups is 1. The number of hydroxylamine groups is 1. The fourth-order valence-electron chi connectivity index (χ4n) is 0.650. The molecule has 0 aromatic heterocycles. The van der Waals surface area contributed by atoms with Crippen molar-refractivity contribution in [2.45, 2.75) is 26.7 Å². The smallest absolute Gasteiger partial charge is 0.427 e. The molecule has 13 heavy (non-hydrogen) atoms. The summed E-state index contributed by atoms with van der Waals surface area (Å²) in [6.07, 6.45) is 0.742. The Morgan fingerprint density at radius 1 is 1.54 bits per heavy atom. The summed E-state index contributed by atoms with van der Waals surface area (Å²) in [5.41, 5.74) is 4.00. The van der Waals surface area contributed by atoms with Crippen molar-refractivity contribution >= 4 is 11.9 Å². The van der Waals surface area contributed by atoms with Crippen LogP contribution >= 0.6 is 0 Å². The molecule has 0 aliphatic rings. The molecular weight excluding hydrogens is 174 g/mol. The van der Waals surface area contributed by atoms with Crippen LogP contribution in [0, 0.1) is 0 Å². The van der Waals surface area contributed by atoms with Gasteiger partial charge in [0.05, 0.1) is 6.61 Å². The van der Waals surface area contributed by atoms with Crippen LogP contribution in [0.4, 0.5) is 4.79 Å². The van der Waals surface area contributed by atoms with E-state index in [4.69, 9.17) is 5.21 Å². The monoisotopic (exact) mass is 189 g/mol. The number of hydrogen-bond donors (Lipinski definition) is 3. The number of carbonyl (C=O) groups is 1. The lowest BCUT2D eigenvalue weighted by atomic mass is 10.3. The van der Waals surface area contributed by atoms with E-state index in [-0.39, 0.29) is 6.61 Å². The van der Waals surface area contributed by atoms with Gasteiger partial charge in [-0.3, -0.25) is 10.7 Å². The Labute approximate surface area is 76.9 Å². The highest BCUT2D eigenvalue weighted by molar-refractivity contribution is 5.82. The van der Waals surface area contributed by atoms with Gasteiger partial charge >= 0.3 is 6.09 Å². The van der Waals surface area contributed by atoms with Crippen LogP contribution in [-0.2, 0) is 4.74 Å². The highest BCUT2D eigenvalue weighted by Crippen LogP contribution is 1.87. The summed E-state index contributed by atoms with van der Waals surface area (Å²) in [7, 11) is 0. The van der Waals surface area contributed by atoms with Crippen LogP contribution in [0.2, 0.25) is 0 Å². The van der Waals surface area contributed by atoms with Gasteiger partial charge in [-0.1, -0.05) is 6.92 Å². The third kappa shape index (κ3) is 5.92. The van der Waals surface area contributed by atoms with Crippen molar-refractivity contribution in [3.05, 3.63) is 0 Å². The summed E-state index contributed by atoms with van der Waals surface area (Å²) in [6, 6.07) is 0. The minimum atomic E-state index is -0.633. The fraction of sp³-hybridized carbons (Fsp3) is 0.714. The van der Waals surface area contributed by atoms with Gasteiger partial charge in [0.1, 0.15) is 5.84 Å². The molecule has 0 aliphatic carbocycles. The second kappa shape index (κ2) is 7.35. The predicted octanol–water partition coefficient (Wildman–Crippen LogP) is 0.825. The van der Waals surface area contributed by atoms with Crippen molar-refractivity contribution in [2.75, 3.05) is 6.61 Å². The van der Waals surface area contributed by atoms with Crippen LogP contribution in [0.25, 0.3) is 0 Å². The van der Waals surface area contributed by atoms with E-state index >= 15 is 0 Å². The molecule has 0 aromatic carbocycles. The van der Waals surface area contributed by atoms with Crippen LogP contribution in [0.3, 0.4) is 0 Å². The maximum atomic E-state index is 10.7. The zero-order valence-corrected chi connectivity index (χ0v) is 7.83. The highest BCUT2D eigenvalue weighted by Gasteiger charge is 1.99. The Bertz CT molecular complexity index is 182. The topological polar surface area (TPSA) is 83.0 Å². The SMILES string of the molecule is CCCC(=NNC(=O)OCC)NO. The molecule has 0 heterocycles. The summed E-state index contributed by atoms with van der Waals surface area (Å²) in [5.74, 6) is 0.301. The van der Waals surface area contributed by atoms with Crippen molar-refractivity contribution in [1.29, 1.82) is 0 Å². The van der Waals surface area contributed by atoms with E-state index in [0.717, 1.165) is 6.42 Å². The second-order valence-corrected chi connectivity index (χ2v) is 2.25. The molecule has 6 nitrogen and oxygen atoms in total. The van der Waals surface area contributed by atoms with Gasteiger partial charge in [-0.2, -0.15) is 5.10 Å². The molecule has 6 heteroatoms. The standard InChI is InChI=1S/C7H15N3O3/c1-3-5-6(10-12)8-9-7(11)13-4-2/h12H,3-5H2,1-2H3,(H,8,10)(H,9,11). The third-order valence-corrected chi connectivity index (χ3v) is 1.17. The lowest BCUT2D eigenvalue weighted by Gasteiger charge is -2.03. The molecule has 0 aromatic rings. The first-order valence-electron chi connectivity index (χ1n) is 4.14. The molecule has 0 saturated carbocycles. The van der Waals surface area contributed by atoms with Crippen molar-refractivity contribution < 1.29 is 14.7 Å². The third-order valence-electron chi connectivity index (χ3n) is 1.17. The minimum absolute atomic E-state index is 0.289. The number of nitrogens with zero attached hydrogens (tertiary/aromatic N) is 1. The van der Waals surface area contributed by atoms with Gasteiger partial charge in [-0.05, 0) is 13.3 Å². The maximum Gasteiger partial charge on any atom is 0.427 e. The summed E-state index contributed by atoms with van der Waals surface area (Å²) in [5, 5.41) is 12.1. The Balaban J connectivity index is 3.83. The van der Waals surface area contributed by atoms with Gasteiger partial charge in [0.15, 0.2) is 0 Å². The number of hydrazone groups is 1. The average molecular weight is 189 g/mol. The molecule has 0 atom stereocenters. The van der Waals surface area contributed by atoms with E-state index < -0.39 is 6.09 Å². The zero-order valence-electron chi connectivity index (χ0n) is 7.83. The Hall–Kier alpha value is -1.30. The lowest BCUT2D eigenvalue weighted by Crippen LogP contribution is -2.26. The summed E-state index contributed by atoms with van der Waals surface area (Å²) >= 11 is 0. The van der Waals surface area contributed by atoms with Gasteiger partial charge in [0.25, 0.3) is 0 Å². The summed E-state index contributed by atoms with van der Waals surface area (Å²) < 4.78 is 4.55. The van der Waals surface area contributed by atoms with Crippen molar-refractivity contribution in [3.63, 3.8) is 0 Å². The van der Waals surface area contributed by atoms with Crippen molar-refractivity contribution in [2.24, 2.45) is 5.10 Å². The molecular formula is C7H15N3O3. The molecule has 76 valence electrons. The van der Waals surface area contributed by atoms with Crippen LogP contribution in [0.15, 0.2) is 5.10 Å². The van der Waals surface area contributed by atoms with E-state index in [1.54, 1.807) is 6.92 Å². The number of carbonyl (C=O) groups excluding carboxylic acids is 1. The molecule has 0 saturated heterocycles. The van der Waals surface area contributed by atoms with Crippen molar-refractivity contribution in [3.8, 4) is 0 Å². The van der Waals surface area contributed by atoms with Crippen LogP contribution < -0.4 is 10.9 Å². The number of hydrogen-bond acceptors (Lipinski definition) is 4. The molecule has 0 fully saturated rings. The normalized spacial score (nSPS) is 10.8. The average Bonchev–Trinajstić information content (AvgIpc) is 2.12. The maximum absolute atomic E-state index is 10.7. The largest absolute Gasteiger partial charge is 0.449 e. The van der Waals surface area contributed by atoms with E-state index in [1.807, 2.05) is 12.4 Å². The van der Waals surface area contributed by atoms with E-state index in [9.17, 15) is 4.79 Å². The molecule has 0 bridgehead atoms. The first-order chi connectivity index (χ1) is 6.24. The zero-order chi connectivity index (χ0) is 10.1. The van der Waals surface area contributed by atoms with E-state index in [1.165, 1.54) is 0 Å². The molecule has 0 aliphatic heterocycles. The lowest BCUT2D eigenvalue weighted by molar-refractivity contribution is 0.152. The molecule has 0 unspecified atom stereocenters. The van der Waals surface area contributed by atoms with Gasteiger partial charge < -0.3 is 4.74 Å².